The maximum atomic E-state index is 13.0. The van der Waals surface area contributed by atoms with E-state index in [-0.39, 0.29) is 36.6 Å². The highest BCUT2D eigenvalue weighted by Crippen LogP contribution is 2.36. The van der Waals surface area contributed by atoms with Gasteiger partial charge in [0.05, 0.1) is 29.2 Å². The lowest BCUT2D eigenvalue weighted by molar-refractivity contribution is -0.140. The van der Waals surface area contributed by atoms with Crippen LogP contribution >= 0.6 is 11.6 Å². The number of nitrogens with zero attached hydrogens (tertiary/aromatic N) is 4. The third-order valence-electron chi connectivity index (χ3n) is 7.41. The topological polar surface area (TPSA) is 147 Å². The number of carbonyl (C=O) groups is 3. The Morgan fingerprint density at radius 2 is 1.46 bits per heavy atom. The van der Waals surface area contributed by atoms with E-state index < -0.39 is 29.2 Å². The molecule has 1 atom stereocenters. The van der Waals surface area contributed by atoms with Crippen LogP contribution in [0.15, 0.2) is 119 Å². The van der Waals surface area contributed by atoms with Gasteiger partial charge in [-0.3, -0.25) is 8.86 Å². The SMILES string of the molecule is C=C(C)C(=O)OCCOC(=O)c1cccc(-c2ccc(N=Nc3ccc(N(C)CCOC(=O)C=Cc4ccc(Cl)cc4)cc3)cc2)c1N(C)S(=O)O. The Labute approximate surface area is 309 Å². The second kappa shape index (κ2) is 19.1. The molecule has 12 nitrogen and oxygen atoms in total. The number of benzene rings is 4. The molecule has 4 aromatic rings. The van der Waals surface area contributed by atoms with Crippen LogP contribution in [-0.4, -0.2) is 67.1 Å². The van der Waals surface area contributed by atoms with Crippen molar-refractivity contribution in [3.05, 3.63) is 125 Å². The largest absolute Gasteiger partial charge is 0.461 e. The minimum atomic E-state index is -2.45. The predicted molar refractivity (Wildman–Crippen MR) is 202 cm³/mol. The van der Waals surface area contributed by atoms with Gasteiger partial charge in [0.1, 0.15) is 19.8 Å². The fourth-order valence-corrected chi connectivity index (χ4v) is 5.10. The molecule has 4 rings (SSSR count). The molecule has 1 N–H and O–H groups in total. The highest BCUT2D eigenvalue weighted by molar-refractivity contribution is 7.80. The summed E-state index contributed by atoms with van der Waals surface area (Å²) >= 11 is 3.43. The van der Waals surface area contributed by atoms with E-state index in [4.69, 9.17) is 25.8 Å². The predicted octanol–water partition coefficient (Wildman–Crippen LogP) is 7.96. The first-order chi connectivity index (χ1) is 24.9. The zero-order valence-corrected chi connectivity index (χ0v) is 30.3. The molecular formula is C38H37ClN4O8S. The van der Waals surface area contributed by atoms with Crippen molar-refractivity contribution in [3.63, 3.8) is 0 Å². The molecule has 0 saturated carbocycles. The van der Waals surface area contributed by atoms with Crippen molar-refractivity contribution in [2.45, 2.75) is 6.92 Å². The third-order valence-corrected chi connectivity index (χ3v) is 8.31. The number of hydrogen-bond donors (Lipinski definition) is 1. The Bertz CT molecular complexity index is 1970. The highest BCUT2D eigenvalue weighted by Gasteiger charge is 2.23. The molecule has 0 saturated heterocycles. The molecule has 0 spiro atoms. The normalized spacial score (nSPS) is 11.6. The van der Waals surface area contributed by atoms with E-state index in [1.54, 1.807) is 54.6 Å². The summed E-state index contributed by atoms with van der Waals surface area (Å²) in [5.74, 6) is -1.80. The average molecular weight is 745 g/mol. The van der Waals surface area contributed by atoms with Gasteiger partial charge >= 0.3 is 17.9 Å². The van der Waals surface area contributed by atoms with Gasteiger partial charge in [0.15, 0.2) is 0 Å². The number of para-hydroxylation sites is 1. The molecular weight excluding hydrogens is 708 g/mol. The zero-order chi connectivity index (χ0) is 37.6. The number of ether oxygens (including phenoxy) is 3. The molecule has 14 heteroatoms. The molecule has 0 fully saturated rings. The Morgan fingerprint density at radius 3 is 2.08 bits per heavy atom. The van der Waals surface area contributed by atoms with Crippen molar-refractivity contribution in [3.8, 4) is 11.1 Å². The molecule has 0 aliphatic carbocycles. The number of azo groups is 1. The first kappa shape index (κ1) is 39.2. The monoisotopic (exact) mass is 744 g/mol. The molecule has 0 aromatic heterocycles. The second-order valence-corrected chi connectivity index (χ2v) is 12.7. The van der Waals surface area contributed by atoms with Crippen LogP contribution in [0.5, 0.6) is 0 Å². The van der Waals surface area contributed by atoms with Crippen molar-refractivity contribution < 1.29 is 37.4 Å². The second-order valence-electron chi connectivity index (χ2n) is 11.2. The molecule has 0 amide bonds. The van der Waals surface area contributed by atoms with Gasteiger partial charge < -0.3 is 19.1 Å². The number of carbonyl (C=O) groups excluding carboxylic acids is 3. The van der Waals surface area contributed by atoms with Crippen LogP contribution in [0, 0.1) is 0 Å². The van der Waals surface area contributed by atoms with Crippen molar-refractivity contribution in [1.29, 1.82) is 0 Å². The number of halogens is 1. The summed E-state index contributed by atoms with van der Waals surface area (Å²) < 4.78 is 38.6. The van der Waals surface area contributed by atoms with E-state index in [1.807, 2.05) is 48.3 Å². The molecule has 0 aliphatic heterocycles. The molecule has 0 bridgehead atoms. The molecule has 270 valence electrons. The number of anilines is 2. The summed E-state index contributed by atoms with van der Waals surface area (Å²) in [5, 5.41) is 9.26. The minimum absolute atomic E-state index is 0.0508. The van der Waals surface area contributed by atoms with Gasteiger partial charge in [-0.1, -0.05) is 54.6 Å². The average Bonchev–Trinajstić information content (AvgIpc) is 3.14. The Morgan fingerprint density at radius 1 is 0.846 bits per heavy atom. The summed E-state index contributed by atoms with van der Waals surface area (Å²) in [5.41, 5.74) is 4.51. The summed E-state index contributed by atoms with van der Waals surface area (Å²) in [4.78, 5) is 38.6. The van der Waals surface area contributed by atoms with Gasteiger partial charge in [0, 0.05) is 42.0 Å². The molecule has 1 unspecified atom stereocenters. The van der Waals surface area contributed by atoms with E-state index in [1.165, 1.54) is 26.1 Å². The van der Waals surface area contributed by atoms with Gasteiger partial charge in [-0.05, 0) is 78.7 Å². The summed E-state index contributed by atoms with van der Waals surface area (Å²) in [6, 6.07) is 26.3. The lowest BCUT2D eigenvalue weighted by Crippen LogP contribution is -2.24. The number of hydrogen-bond acceptors (Lipinski definition) is 10. The first-order valence-electron chi connectivity index (χ1n) is 15.8. The Balaban J connectivity index is 1.35. The molecule has 4 aromatic carbocycles. The van der Waals surface area contributed by atoms with Crippen molar-refractivity contribution in [2.75, 3.05) is 49.7 Å². The summed E-state index contributed by atoms with van der Waals surface area (Å²) in [6.07, 6.45) is 3.04. The van der Waals surface area contributed by atoms with E-state index in [2.05, 4.69) is 16.8 Å². The molecule has 0 aliphatic rings. The fourth-order valence-electron chi connectivity index (χ4n) is 4.62. The van der Waals surface area contributed by atoms with Crippen molar-refractivity contribution in [1.82, 2.24) is 0 Å². The van der Waals surface area contributed by atoms with Gasteiger partial charge in [0.25, 0.3) is 11.3 Å². The van der Waals surface area contributed by atoms with E-state index >= 15 is 0 Å². The Kier molecular flexibility index (Phi) is 14.4. The maximum Gasteiger partial charge on any atom is 0.340 e. The van der Waals surface area contributed by atoms with Crippen LogP contribution in [0.2, 0.25) is 5.02 Å². The molecule has 52 heavy (non-hydrogen) atoms. The summed E-state index contributed by atoms with van der Waals surface area (Å²) in [6.45, 7) is 5.30. The zero-order valence-electron chi connectivity index (χ0n) is 28.7. The minimum Gasteiger partial charge on any atom is -0.461 e. The number of rotatable bonds is 16. The van der Waals surface area contributed by atoms with Crippen LogP contribution in [-0.2, 0) is 35.1 Å². The summed E-state index contributed by atoms with van der Waals surface area (Å²) in [7, 11) is 3.27. The standard InChI is InChI=1S/C38H37ClN4O8S/c1-26(2)37(45)50-24-25-51-38(46)34-7-5-6-33(36(34)43(4)52(47)48)28-11-15-30(16-12-28)40-41-31-17-19-32(20-18-31)42(3)22-23-49-35(44)21-10-27-8-13-29(39)14-9-27/h5-21H,1,22-25H2,2-4H3,(H,47,48). The van der Waals surface area contributed by atoms with Crippen LogP contribution in [0.1, 0.15) is 22.8 Å². The smallest absolute Gasteiger partial charge is 0.340 e. The van der Waals surface area contributed by atoms with E-state index in [0.29, 0.717) is 34.1 Å². The van der Waals surface area contributed by atoms with E-state index in [9.17, 15) is 23.1 Å². The van der Waals surface area contributed by atoms with E-state index in [0.717, 1.165) is 15.6 Å². The fraction of sp³-hybridized carbons (Fsp3) is 0.184. The molecule has 0 radical (unpaired) electrons. The van der Waals surface area contributed by atoms with Gasteiger partial charge in [0.2, 0.25) is 0 Å². The quantitative estimate of drug-likeness (QED) is 0.0301. The van der Waals surface area contributed by atoms with Gasteiger partial charge in [-0.15, -0.1) is 0 Å². The van der Waals surface area contributed by atoms with Crippen LogP contribution in [0.4, 0.5) is 22.7 Å². The van der Waals surface area contributed by atoms with Crippen molar-refractivity contribution in [2.24, 2.45) is 10.2 Å². The lowest BCUT2D eigenvalue weighted by atomic mass is 9.99. The maximum absolute atomic E-state index is 13.0. The van der Waals surface area contributed by atoms with Gasteiger partial charge in [-0.25, -0.2) is 18.6 Å². The lowest BCUT2D eigenvalue weighted by Gasteiger charge is -2.21. The number of likely N-dealkylation sites (N-methyl/N-ethyl adjacent to an activating group) is 1. The highest BCUT2D eigenvalue weighted by atomic mass is 35.5. The van der Waals surface area contributed by atoms with Crippen molar-refractivity contribution >= 4 is 69.6 Å². The van der Waals surface area contributed by atoms with Crippen LogP contribution < -0.4 is 9.21 Å². The Hall–Kier alpha value is -5.63. The van der Waals surface area contributed by atoms with Crippen LogP contribution in [0.3, 0.4) is 0 Å². The third kappa shape index (κ3) is 11.5. The van der Waals surface area contributed by atoms with Gasteiger partial charge in [-0.2, -0.15) is 10.2 Å². The van der Waals surface area contributed by atoms with Crippen LogP contribution in [0.25, 0.3) is 17.2 Å². The molecule has 0 heterocycles. The first-order valence-corrected chi connectivity index (χ1v) is 17.3. The number of esters is 3.